The maximum Gasteiger partial charge on any atom is 0.318 e. The van der Waals surface area contributed by atoms with Gasteiger partial charge in [0, 0.05) is 17.4 Å². The fourth-order valence-electron chi connectivity index (χ4n) is 8.19. The van der Waals surface area contributed by atoms with Gasteiger partial charge < -0.3 is 14.8 Å². The van der Waals surface area contributed by atoms with Crippen LogP contribution in [0.1, 0.15) is 73.9 Å². The minimum atomic E-state index is -0.128. The van der Waals surface area contributed by atoms with Gasteiger partial charge >= 0.3 is 6.03 Å². The molecule has 2 aromatic carbocycles. The van der Waals surface area contributed by atoms with E-state index in [0.717, 1.165) is 29.9 Å². The first-order valence-corrected chi connectivity index (χ1v) is 13.5. The summed E-state index contributed by atoms with van der Waals surface area (Å²) in [6.07, 6.45) is 10.8. The fraction of sp³-hybridized carbons (Fsp3) is 0.452. The standard InChI is InChI=1S/C31H35N3O/c1-2-21-9-11-25(12-10-21)29-28-8-5-13-33(28)27-7-4-3-6-26(27)20-34(29)30(35)32-31-17-22-14-23(18-31)16-24(15-22)19-31/h3-13,22-24,29H,2,14-20H2,1H3,(H,32,35). The Morgan fingerprint density at radius 3 is 2.29 bits per heavy atom. The van der Waals surface area contributed by atoms with Gasteiger partial charge in [-0.3, -0.25) is 0 Å². The summed E-state index contributed by atoms with van der Waals surface area (Å²) < 4.78 is 2.28. The summed E-state index contributed by atoms with van der Waals surface area (Å²) in [6.45, 7) is 2.80. The lowest BCUT2D eigenvalue weighted by atomic mass is 9.53. The van der Waals surface area contributed by atoms with Crippen molar-refractivity contribution >= 4 is 6.03 Å². The van der Waals surface area contributed by atoms with Crippen molar-refractivity contribution in [3.8, 4) is 5.69 Å². The second-order valence-electron chi connectivity index (χ2n) is 11.7. The molecule has 8 rings (SSSR count). The maximum atomic E-state index is 14.3. The number of carbonyl (C=O) groups excluding carboxylic acids is 1. The van der Waals surface area contributed by atoms with E-state index in [4.69, 9.17) is 0 Å². The molecule has 5 aliphatic rings. The number of aromatic nitrogens is 1. The minimum absolute atomic E-state index is 0.00370. The zero-order valence-electron chi connectivity index (χ0n) is 20.6. The van der Waals surface area contributed by atoms with E-state index >= 15 is 0 Å². The third-order valence-electron chi connectivity index (χ3n) is 9.34. The summed E-state index contributed by atoms with van der Waals surface area (Å²) in [6, 6.07) is 21.7. The van der Waals surface area contributed by atoms with Gasteiger partial charge in [-0.05, 0) is 97.6 Å². The summed E-state index contributed by atoms with van der Waals surface area (Å²) in [5, 5.41) is 3.68. The summed E-state index contributed by atoms with van der Waals surface area (Å²) in [7, 11) is 0. The van der Waals surface area contributed by atoms with Crippen molar-refractivity contribution in [2.24, 2.45) is 17.8 Å². The van der Waals surface area contributed by atoms with Gasteiger partial charge in [0.05, 0.1) is 18.3 Å². The monoisotopic (exact) mass is 465 g/mol. The molecule has 3 aromatic rings. The Bertz CT molecular complexity index is 1220. The second kappa shape index (κ2) is 8.01. The molecular weight excluding hydrogens is 430 g/mol. The Morgan fingerprint density at radius 1 is 0.914 bits per heavy atom. The number of para-hydroxylation sites is 1. The number of benzene rings is 2. The van der Waals surface area contributed by atoms with E-state index in [1.54, 1.807) is 0 Å². The molecule has 4 saturated carbocycles. The number of hydrogen-bond donors (Lipinski definition) is 1. The van der Waals surface area contributed by atoms with Gasteiger partial charge in [0.2, 0.25) is 0 Å². The van der Waals surface area contributed by atoms with Crippen LogP contribution in [0.15, 0.2) is 66.9 Å². The minimum Gasteiger partial charge on any atom is -0.332 e. The zero-order valence-corrected chi connectivity index (χ0v) is 20.6. The van der Waals surface area contributed by atoms with Gasteiger partial charge in [-0.15, -0.1) is 0 Å². The van der Waals surface area contributed by atoms with E-state index in [1.807, 2.05) is 0 Å². The number of nitrogens with zero attached hydrogens (tertiary/aromatic N) is 2. The lowest BCUT2D eigenvalue weighted by Gasteiger charge is -2.57. The van der Waals surface area contributed by atoms with Gasteiger partial charge in [-0.1, -0.05) is 49.4 Å². The number of aryl methyl sites for hydroxylation is 1. The number of hydrogen-bond acceptors (Lipinski definition) is 1. The molecule has 4 nitrogen and oxygen atoms in total. The van der Waals surface area contributed by atoms with Gasteiger partial charge in [0.25, 0.3) is 0 Å². The molecule has 35 heavy (non-hydrogen) atoms. The van der Waals surface area contributed by atoms with Crippen molar-refractivity contribution in [2.75, 3.05) is 0 Å². The topological polar surface area (TPSA) is 37.3 Å². The average molecular weight is 466 g/mol. The Balaban J connectivity index is 1.30. The normalized spacial score (nSPS) is 30.5. The molecule has 1 aliphatic heterocycles. The van der Waals surface area contributed by atoms with E-state index in [0.29, 0.717) is 6.54 Å². The highest BCUT2D eigenvalue weighted by Gasteiger charge is 2.52. The van der Waals surface area contributed by atoms with Crippen LogP contribution in [-0.4, -0.2) is 21.0 Å². The molecule has 1 atom stereocenters. The molecule has 2 heterocycles. The van der Waals surface area contributed by atoms with E-state index in [2.05, 4.69) is 88.6 Å². The van der Waals surface area contributed by atoms with Crippen LogP contribution in [-0.2, 0) is 13.0 Å². The van der Waals surface area contributed by atoms with Crippen molar-refractivity contribution in [2.45, 2.75) is 70.0 Å². The van der Waals surface area contributed by atoms with Crippen molar-refractivity contribution in [1.82, 2.24) is 14.8 Å². The first kappa shape index (κ1) is 21.3. The molecular formula is C31H35N3O. The van der Waals surface area contributed by atoms with Gasteiger partial charge in [0.1, 0.15) is 0 Å². The lowest BCUT2D eigenvalue weighted by Crippen LogP contribution is -2.62. The average Bonchev–Trinajstić information content (AvgIpc) is 3.27. The highest BCUT2D eigenvalue weighted by molar-refractivity contribution is 5.77. The Labute approximate surface area is 208 Å². The highest BCUT2D eigenvalue weighted by atomic mass is 16.2. The molecule has 1 unspecified atom stereocenters. The van der Waals surface area contributed by atoms with Crippen molar-refractivity contribution in [1.29, 1.82) is 0 Å². The quantitative estimate of drug-likeness (QED) is 0.463. The Hall–Kier alpha value is -3.01. The molecule has 0 saturated heterocycles. The van der Waals surface area contributed by atoms with Crippen LogP contribution in [0.3, 0.4) is 0 Å². The van der Waals surface area contributed by atoms with Gasteiger partial charge in [-0.25, -0.2) is 4.79 Å². The molecule has 1 N–H and O–H groups in total. The predicted octanol–water partition coefficient (Wildman–Crippen LogP) is 6.62. The molecule has 1 aromatic heterocycles. The number of nitrogens with one attached hydrogen (secondary N) is 1. The number of fused-ring (bicyclic) bond motifs is 3. The fourth-order valence-corrected chi connectivity index (χ4v) is 8.19. The summed E-state index contributed by atoms with van der Waals surface area (Å²) in [5.74, 6) is 2.42. The van der Waals surface area contributed by atoms with E-state index in [-0.39, 0.29) is 17.6 Å². The van der Waals surface area contributed by atoms with Crippen LogP contribution in [0.2, 0.25) is 0 Å². The number of rotatable bonds is 3. The molecule has 4 aliphatic carbocycles. The smallest absolute Gasteiger partial charge is 0.318 e. The van der Waals surface area contributed by atoms with E-state index in [1.165, 1.54) is 60.9 Å². The van der Waals surface area contributed by atoms with Crippen LogP contribution < -0.4 is 5.32 Å². The predicted molar refractivity (Wildman–Crippen MR) is 138 cm³/mol. The third-order valence-corrected chi connectivity index (χ3v) is 9.34. The van der Waals surface area contributed by atoms with Crippen molar-refractivity contribution in [3.63, 3.8) is 0 Å². The number of carbonyl (C=O) groups is 1. The molecule has 4 heteroatoms. The zero-order chi connectivity index (χ0) is 23.6. The molecule has 0 spiro atoms. The SMILES string of the molecule is CCc1ccc(C2c3cccn3-c3ccccc3CN2C(=O)NC23CC4CC(CC(C4)C2)C3)cc1. The Morgan fingerprint density at radius 2 is 1.60 bits per heavy atom. The maximum absolute atomic E-state index is 14.3. The van der Waals surface area contributed by atoms with Gasteiger partial charge in [0.15, 0.2) is 0 Å². The van der Waals surface area contributed by atoms with Gasteiger partial charge in [-0.2, -0.15) is 0 Å². The molecule has 0 radical (unpaired) electrons. The largest absolute Gasteiger partial charge is 0.332 e. The highest BCUT2D eigenvalue weighted by Crippen LogP contribution is 2.55. The van der Waals surface area contributed by atoms with E-state index < -0.39 is 0 Å². The third kappa shape index (κ3) is 3.52. The van der Waals surface area contributed by atoms with Crippen LogP contribution in [0.4, 0.5) is 4.79 Å². The van der Waals surface area contributed by atoms with Crippen molar-refractivity contribution in [3.05, 3.63) is 89.2 Å². The molecule has 180 valence electrons. The summed E-state index contributed by atoms with van der Waals surface area (Å²) >= 11 is 0. The number of urea groups is 1. The summed E-state index contributed by atoms with van der Waals surface area (Å²) in [5.41, 5.74) is 6.02. The van der Waals surface area contributed by atoms with Crippen LogP contribution in [0.25, 0.3) is 5.69 Å². The van der Waals surface area contributed by atoms with E-state index in [9.17, 15) is 4.79 Å². The first-order chi connectivity index (χ1) is 17.1. The molecule has 4 fully saturated rings. The summed E-state index contributed by atoms with van der Waals surface area (Å²) in [4.78, 5) is 16.4. The van der Waals surface area contributed by atoms with Crippen LogP contribution in [0, 0.1) is 17.8 Å². The van der Waals surface area contributed by atoms with Crippen LogP contribution >= 0.6 is 0 Å². The molecule has 2 amide bonds. The number of amides is 2. The van der Waals surface area contributed by atoms with Crippen LogP contribution in [0.5, 0.6) is 0 Å². The molecule has 4 bridgehead atoms. The van der Waals surface area contributed by atoms with Crippen molar-refractivity contribution < 1.29 is 4.79 Å². The Kier molecular flexibility index (Phi) is 4.87. The lowest BCUT2D eigenvalue weighted by molar-refractivity contribution is -0.0163. The first-order valence-electron chi connectivity index (χ1n) is 13.5. The second-order valence-corrected chi connectivity index (χ2v) is 11.7.